The molecule has 0 aliphatic heterocycles. The monoisotopic (exact) mass is 202 g/mol. The van der Waals surface area contributed by atoms with Crippen LogP contribution >= 0.6 is 0 Å². The van der Waals surface area contributed by atoms with Crippen molar-refractivity contribution in [1.29, 1.82) is 0 Å². The highest BCUT2D eigenvalue weighted by Gasteiger charge is 2.18. The highest BCUT2D eigenvalue weighted by molar-refractivity contribution is 5.69. The van der Waals surface area contributed by atoms with Crippen LogP contribution in [0.5, 0.6) is 5.88 Å². The van der Waals surface area contributed by atoms with E-state index < -0.39 is 11.7 Å². The molecule has 0 N–H and O–H groups in total. The molecule has 0 spiro atoms. The third-order valence-electron chi connectivity index (χ3n) is 1.22. The Morgan fingerprint density at radius 3 is 2.64 bits per heavy atom. The fourth-order valence-electron chi connectivity index (χ4n) is 0.759. The first-order chi connectivity index (χ1) is 6.42. The van der Waals surface area contributed by atoms with Gasteiger partial charge < -0.3 is 4.74 Å². The van der Waals surface area contributed by atoms with Crippen LogP contribution in [0.25, 0.3) is 0 Å². The van der Waals surface area contributed by atoms with Crippen LogP contribution in [-0.4, -0.2) is 21.5 Å². The minimum absolute atomic E-state index is 0.282. The van der Waals surface area contributed by atoms with Gasteiger partial charge in [0, 0.05) is 16.8 Å². The van der Waals surface area contributed by atoms with E-state index in [-0.39, 0.29) is 5.88 Å². The van der Waals surface area contributed by atoms with Gasteiger partial charge in [-0.25, -0.2) is 4.79 Å². The third-order valence-corrected chi connectivity index (χ3v) is 1.22. The Bertz CT molecular complexity index is 330. The zero-order valence-electron chi connectivity index (χ0n) is 8.15. The number of hydrogen-bond acceptors (Lipinski definition) is 4. The summed E-state index contributed by atoms with van der Waals surface area (Å²) in [6.45, 7) is 5.17. The first-order valence-corrected chi connectivity index (χ1v) is 4.00. The zero-order valence-corrected chi connectivity index (χ0v) is 8.15. The van der Waals surface area contributed by atoms with Gasteiger partial charge in [0.15, 0.2) is 0 Å². The average molecular weight is 202 g/mol. The SMILES string of the molecule is CC(C)(C)OC(=O)n1ccc(OF)n1. The van der Waals surface area contributed by atoms with E-state index in [4.69, 9.17) is 4.74 Å². The first kappa shape index (κ1) is 10.5. The molecule has 1 aromatic rings. The van der Waals surface area contributed by atoms with Crippen molar-refractivity contribution >= 4 is 6.09 Å². The summed E-state index contributed by atoms with van der Waals surface area (Å²) in [5.41, 5.74) is -0.611. The van der Waals surface area contributed by atoms with Crippen molar-refractivity contribution in [3.8, 4) is 5.88 Å². The molecule has 78 valence electrons. The lowest BCUT2D eigenvalue weighted by Gasteiger charge is -2.18. The normalized spacial score (nSPS) is 11.1. The van der Waals surface area contributed by atoms with Crippen LogP contribution in [0.3, 0.4) is 0 Å². The molecule has 0 fully saturated rings. The summed E-state index contributed by atoms with van der Waals surface area (Å²) in [5.74, 6) is -0.282. The quantitative estimate of drug-likeness (QED) is 0.698. The van der Waals surface area contributed by atoms with E-state index in [0.29, 0.717) is 0 Å². The van der Waals surface area contributed by atoms with Crippen molar-refractivity contribution in [3.63, 3.8) is 0 Å². The van der Waals surface area contributed by atoms with Gasteiger partial charge in [-0.1, -0.05) is 0 Å². The molecule has 1 aromatic heterocycles. The summed E-state index contributed by atoms with van der Waals surface area (Å²) >= 11 is 0. The summed E-state index contributed by atoms with van der Waals surface area (Å²) in [6.07, 6.45) is 0.573. The molecule has 0 saturated carbocycles. The second-order valence-electron chi connectivity index (χ2n) is 3.66. The van der Waals surface area contributed by atoms with Crippen molar-refractivity contribution < 1.29 is 19.0 Å². The number of carbonyl (C=O) groups excluding carboxylic acids is 1. The van der Waals surface area contributed by atoms with Gasteiger partial charge in [-0.15, -0.1) is 5.10 Å². The molecule has 1 heterocycles. The number of halogens is 1. The molecular formula is C8H11FN2O3. The average Bonchev–Trinajstić information content (AvgIpc) is 2.48. The largest absolute Gasteiger partial charge is 0.442 e. The van der Waals surface area contributed by atoms with Crippen molar-refractivity contribution in [2.45, 2.75) is 26.4 Å². The van der Waals surface area contributed by atoms with Crippen LogP contribution in [0.15, 0.2) is 12.3 Å². The number of nitrogens with zero attached hydrogens (tertiary/aromatic N) is 2. The molecule has 5 nitrogen and oxygen atoms in total. The maximum atomic E-state index is 11.6. The summed E-state index contributed by atoms with van der Waals surface area (Å²) in [4.78, 5) is 14.6. The van der Waals surface area contributed by atoms with E-state index in [1.807, 2.05) is 0 Å². The number of rotatable bonds is 1. The van der Waals surface area contributed by atoms with Gasteiger partial charge in [0.2, 0.25) is 0 Å². The molecule has 0 atom stereocenters. The van der Waals surface area contributed by atoms with E-state index in [0.717, 1.165) is 4.68 Å². The predicted molar refractivity (Wildman–Crippen MR) is 45.6 cm³/mol. The van der Waals surface area contributed by atoms with Crippen LogP contribution in [0.2, 0.25) is 0 Å². The fourth-order valence-corrected chi connectivity index (χ4v) is 0.759. The van der Waals surface area contributed by atoms with Crippen LogP contribution in [0, 0.1) is 0 Å². The van der Waals surface area contributed by atoms with Crippen LogP contribution in [0.4, 0.5) is 9.32 Å². The highest BCUT2D eigenvalue weighted by atomic mass is 19.3. The molecular weight excluding hydrogens is 191 g/mol. The lowest BCUT2D eigenvalue weighted by atomic mass is 10.2. The molecule has 0 saturated heterocycles. The Morgan fingerprint density at radius 1 is 1.57 bits per heavy atom. The molecule has 0 aromatic carbocycles. The number of ether oxygens (including phenoxy) is 1. The van der Waals surface area contributed by atoms with Crippen molar-refractivity contribution in [3.05, 3.63) is 12.3 Å². The topological polar surface area (TPSA) is 53.4 Å². The second kappa shape index (κ2) is 3.65. The number of aromatic nitrogens is 2. The summed E-state index contributed by atoms with van der Waals surface area (Å²) in [5, 5.41) is 3.46. The maximum Gasteiger partial charge on any atom is 0.435 e. The van der Waals surface area contributed by atoms with E-state index in [1.54, 1.807) is 20.8 Å². The summed E-state index contributed by atoms with van der Waals surface area (Å²) in [7, 11) is 0. The molecule has 0 aliphatic carbocycles. The smallest absolute Gasteiger partial charge is 0.435 e. The zero-order chi connectivity index (χ0) is 10.8. The minimum atomic E-state index is -0.680. The summed E-state index contributed by atoms with van der Waals surface area (Å²) < 4.78 is 17.4. The minimum Gasteiger partial charge on any atom is -0.442 e. The molecule has 6 heteroatoms. The van der Waals surface area contributed by atoms with E-state index in [2.05, 4.69) is 10.0 Å². The number of carbonyl (C=O) groups is 1. The third kappa shape index (κ3) is 2.72. The van der Waals surface area contributed by atoms with Crippen molar-refractivity contribution in [1.82, 2.24) is 9.78 Å². The molecule has 0 aliphatic rings. The summed E-state index contributed by atoms with van der Waals surface area (Å²) in [6, 6.07) is 1.21. The van der Waals surface area contributed by atoms with Gasteiger partial charge >= 0.3 is 6.09 Å². The van der Waals surface area contributed by atoms with E-state index in [9.17, 15) is 9.32 Å². The van der Waals surface area contributed by atoms with E-state index in [1.165, 1.54) is 12.3 Å². The predicted octanol–water partition coefficient (Wildman–Crippen LogP) is 1.93. The molecule has 0 radical (unpaired) electrons. The second-order valence-corrected chi connectivity index (χ2v) is 3.66. The first-order valence-electron chi connectivity index (χ1n) is 4.00. The number of hydrogen-bond donors (Lipinski definition) is 0. The van der Waals surface area contributed by atoms with Crippen LogP contribution in [0.1, 0.15) is 20.8 Å². The van der Waals surface area contributed by atoms with Crippen molar-refractivity contribution in [2.24, 2.45) is 0 Å². The molecule has 0 bridgehead atoms. The Hall–Kier alpha value is -1.59. The Labute approximate surface area is 80.3 Å². The van der Waals surface area contributed by atoms with E-state index >= 15 is 0 Å². The van der Waals surface area contributed by atoms with Crippen LogP contribution in [-0.2, 0) is 4.74 Å². The van der Waals surface area contributed by atoms with Gasteiger partial charge in [0.25, 0.3) is 5.88 Å². The Kier molecular flexibility index (Phi) is 2.73. The standard InChI is InChI=1S/C8H11FN2O3/c1-8(2,3)13-7(12)11-5-4-6(10-11)14-9/h4-5H,1-3H3. The molecule has 0 unspecified atom stereocenters. The Morgan fingerprint density at radius 2 is 2.21 bits per heavy atom. The molecule has 1 rings (SSSR count). The fraction of sp³-hybridized carbons (Fsp3) is 0.500. The van der Waals surface area contributed by atoms with Gasteiger partial charge in [-0.2, -0.15) is 4.68 Å². The van der Waals surface area contributed by atoms with Gasteiger partial charge in [0.1, 0.15) is 5.60 Å². The lowest BCUT2D eigenvalue weighted by Crippen LogP contribution is -2.27. The van der Waals surface area contributed by atoms with Gasteiger partial charge in [-0.05, 0) is 20.8 Å². The lowest BCUT2D eigenvalue weighted by molar-refractivity contribution is -0.0129. The molecule has 14 heavy (non-hydrogen) atoms. The molecule has 0 amide bonds. The maximum absolute atomic E-state index is 11.6. The van der Waals surface area contributed by atoms with Gasteiger partial charge in [-0.3, -0.25) is 4.94 Å². The van der Waals surface area contributed by atoms with Crippen LogP contribution < -0.4 is 4.94 Å². The van der Waals surface area contributed by atoms with Crippen molar-refractivity contribution in [2.75, 3.05) is 0 Å². The van der Waals surface area contributed by atoms with Gasteiger partial charge in [0.05, 0.1) is 0 Å². The Balaban J connectivity index is 2.70. The highest BCUT2D eigenvalue weighted by Crippen LogP contribution is 2.10.